The lowest BCUT2D eigenvalue weighted by Crippen LogP contribution is -2.35. The Hall–Kier alpha value is -1.42. The Morgan fingerprint density at radius 1 is 1.24 bits per heavy atom. The summed E-state index contributed by atoms with van der Waals surface area (Å²) in [6.45, 7) is 0. The van der Waals surface area contributed by atoms with Gasteiger partial charge in [0.25, 0.3) is 0 Å². The van der Waals surface area contributed by atoms with Crippen molar-refractivity contribution in [1.29, 1.82) is 0 Å². The predicted molar refractivity (Wildman–Crippen MR) is 65.1 cm³/mol. The molecule has 0 saturated carbocycles. The molecule has 0 spiro atoms. The Morgan fingerprint density at radius 3 is 2.94 bits per heavy atom. The summed E-state index contributed by atoms with van der Waals surface area (Å²) in [7, 11) is 0. The zero-order valence-corrected chi connectivity index (χ0v) is 9.53. The first-order valence-corrected chi connectivity index (χ1v) is 6.17. The van der Waals surface area contributed by atoms with Crippen LogP contribution in [0.4, 0.5) is 0 Å². The predicted octanol–water partition coefficient (Wildman–Crippen LogP) is 1.68. The lowest BCUT2D eigenvalue weighted by Gasteiger charge is -2.25. The molecule has 1 aliphatic heterocycles. The average molecular weight is 232 g/mol. The van der Waals surface area contributed by atoms with E-state index in [9.17, 15) is 10.1 Å². The Balaban J connectivity index is 1.83. The molecule has 0 radical (unpaired) electrons. The van der Waals surface area contributed by atoms with Crippen molar-refractivity contribution < 1.29 is 4.92 Å². The molecule has 17 heavy (non-hydrogen) atoms. The minimum atomic E-state index is -0.499. The van der Waals surface area contributed by atoms with E-state index in [1.54, 1.807) is 6.08 Å². The first-order chi connectivity index (χ1) is 8.25. The minimum absolute atomic E-state index is 0.168. The van der Waals surface area contributed by atoms with E-state index < -0.39 is 6.04 Å². The topological polar surface area (TPSA) is 55.2 Å². The molecule has 0 amide bonds. The van der Waals surface area contributed by atoms with Gasteiger partial charge in [-0.3, -0.25) is 10.1 Å². The highest BCUT2D eigenvalue weighted by atomic mass is 16.6. The van der Waals surface area contributed by atoms with Crippen molar-refractivity contribution in [3.8, 4) is 0 Å². The van der Waals surface area contributed by atoms with Crippen LogP contribution in [0.1, 0.15) is 12.8 Å². The maximum Gasteiger partial charge on any atom is 0.231 e. The van der Waals surface area contributed by atoms with Gasteiger partial charge in [0.05, 0.1) is 0 Å². The number of hydrogen-bond donors (Lipinski definition) is 1. The number of nitro groups is 1. The molecule has 4 heteroatoms. The van der Waals surface area contributed by atoms with Gasteiger partial charge in [0.2, 0.25) is 6.04 Å². The highest BCUT2D eigenvalue weighted by molar-refractivity contribution is 5.21. The third-order valence-electron chi connectivity index (χ3n) is 4.12. The van der Waals surface area contributed by atoms with Crippen LogP contribution in [0.2, 0.25) is 0 Å². The van der Waals surface area contributed by atoms with Gasteiger partial charge in [-0.1, -0.05) is 30.4 Å². The summed E-state index contributed by atoms with van der Waals surface area (Å²) in [4.78, 5) is 10.7. The summed E-state index contributed by atoms with van der Waals surface area (Å²) in [5.74, 6) is 0.805. The highest BCUT2D eigenvalue weighted by Gasteiger charge is 2.44. The van der Waals surface area contributed by atoms with E-state index in [0.29, 0.717) is 30.3 Å². The smallest absolute Gasteiger partial charge is 0.231 e. The molecule has 0 aromatic carbocycles. The normalized spacial score (nSPS) is 42.9. The van der Waals surface area contributed by atoms with E-state index in [1.165, 1.54) is 0 Å². The molecule has 1 saturated heterocycles. The lowest BCUT2D eigenvalue weighted by molar-refractivity contribution is -0.512. The van der Waals surface area contributed by atoms with Crippen LogP contribution < -0.4 is 5.32 Å². The van der Waals surface area contributed by atoms with Crippen LogP contribution in [0, 0.1) is 22.0 Å². The number of fused-ring (bicyclic) bond motifs is 3. The van der Waals surface area contributed by atoms with Crippen molar-refractivity contribution in [2.45, 2.75) is 31.0 Å². The monoisotopic (exact) mass is 232 g/mol. The Bertz CT molecular complexity index is 414. The zero-order chi connectivity index (χ0) is 11.8. The van der Waals surface area contributed by atoms with Crippen LogP contribution >= 0.6 is 0 Å². The molecule has 1 N–H and O–H groups in total. The van der Waals surface area contributed by atoms with Crippen molar-refractivity contribution >= 4 is 0 Å². The number of nitrogens with one attached hydrogen (secondary N) is 1. The number of nitrogens with zero attached hydrogens (tertiary/aromatic N) is 1. The van der Waals surface area contributed by atoms with Gasteiger partial charge in [0.1, 0.15) is 0 Å². The van der Waals surface area contributed by atoms with Gasteiger partial charge in [0, 0.05) is 23.4 Å². The number of allylic oxidation sites excluding steroid dienone is 2. The summed E-state index contributed by atoms with van der Waals surface area (Å²) in [6, 6.07) is 0.258. The molecular formula is C13H16N2O2. The van der Waals surface area contributed by atoms with E-state index in [4.69, 9.17) is 0 Å². The van der Waals surface area contributed by atoms with Gasteiger partial charge >= 0.3 is 0 Å². The number of hydrogen-bond acceptors (Lipinski definition) is 3. The molecule has 5 atom stereocenters. The first kappa shape index (κ1) is 10.7. The zero-order valence-electron chi connectivity index (χ0n) is 9.53. The van der Waals surface area contributed by atoms with E-state index in [-0.39, 0.29) is 4.92 Å². The molecule has 90 valence electrons. The summed E-state index contributed by atoms with van der Waals surface area (Å²) in [5, 5.41) is 14.5. The SMILES string of the molecule is O=[N+]([O-])C1C=CC2NC3CC=CC=CC3C2C1. The second-order valence-corrected chi connectivity index (χ2v) is 5.06. The number of rotatable bonds is 1. The minimum Gasteiger partial charge on any atom is -0.307 e. The second kappa shape index (κ2) is 4.11. The fraction of sp³-hybridized carbons (Fsp3) is 0.538. The molecule has 0 aromatic rings. The van der Waals surface area contributed by atoms with Crippen molar-refractivity contribution in [1.82, 2.24) is 5.32 Å². The molecule has 3 rings (SSSR count). The molecule has 2 aliphatic carbocycles. The lowest BCUT2D eigenvalue weighted by atomic mass is 9.79. The summed E-state index contributed by atoms with van der Waals surface area (Å²) in [5.41, 5.74) is 0. The van der Waals surface area contributed by atoms with Crippen molar-refractivity contribution in [2.24, 2.45) is 11.8 Å². The van der Waals surface area contributed by atoms with E-state index in [2.05, 4.69) is 29.6 Å². The summed E-state index contributed by atoms with van der Waals surface area (Å²) in [6.07, 6.45) is 13.9. The van der Waals surface area contributed by atoms with Crippen LogP contribution in [0.5, 0.6) is 0 Å². The third-order valence-corrected chi connectivity index (χ3v) is 4.12. The fourth-order valence-electron chi connectivity index (χ4n) is 3.28. The van der Waals surface area contributed by atoms with Crippen LogP contribution in [0.25, 0.3) is 0 Å². The van der Waals surface area contributed by atoms with Gasteiger partial charge < -0.3 is 5.32 Å². The molecule has 4 nitrogen and oxygen atoms in total. The maximum atomic E-state index is 10.9. The van der Waals surface area contributed by atoms with Gasteiger partial charge in [-0.05, 0) is 24.3 Å². The molecule has 1 heterocycles. The summed E-state index contributed by atoms with van der Waals surface area (Å²) < 4.78 is 0. The molecule has 0 aromatic heterocycles. The van der Waals surface area contributed by atoms with Crippen molar-refractivity contribution in [3.63, 3.8) is 0 Å². The Labute approximate surface area is 100 Å². The quantitative estimate of drug-likeness (QED) is 0.425. The third kappa shape index (κ3) is 1.82. The van der Waals surface area contributed by atoms with Gasteiger partial charge in [0.15, 0.2) is 0 Å². The van der Waals surface area contributed by atoms with Gasteiger partial charge in [-0.15, -0.1) is 0 Å². The average Bonchev–Trinajstić information content (AvgIpc) is 2.51. The van der Waals surface area contributed by atoms with E-state index >= 15 is 0 Å². The molecular weight excluding hydrogens is 216 g/mol. The van der Waals surface area contributed by atoms with Crippen LogP contribution in [0.15, 0.2) is 36.5 Å². The highest BCUT2D eigenvalue weighted by Crippen LogP contribution is 2.38. The van der Waals surface area contributed by atoms with E-state index in [0.717, 1.165) is 6.42 Å². The second-order valence-electron chi connectivity index (χ2n) is 5.06. The summed E-state index contributed by atoms with van der Waals surface area (Å²) >= 11 is 0. The molecule has 0 bridgehead atoms. The largest absolute Gasteiger partial charge is 0.307 e. The fourth-order valence-corrected chi connectivity index (χ4v) is 3.28. The molecule has 1 fully saturated rings. The molecule has 3 aliphatic rings. The van der Waals surface area contributed by atoms with Crippen molar-refractivity contribution in [3.05, 3.63) is 46.6 Å². The standard InChI is InChI=1S/C13H16N2O2/c16-15(17)9-6-7-13-11(8-9)10-4-2-1-3-5-12(10)14-13/h1-4,6-7,9-14H,5,8H2. The van der Waals surface area contributed by atoms with Crippen LogP contribution in [-0.2, 0) is 0 Å². The first-order valence-electron chi connectivity index (χ1n) is 6.17. The van der Waals surface area contributed by atoms with Crippen LogP contribution in [-0.4, -0.2) is 23.0 Å². The van der Waals surface area contributed by atoms with Gasteiger partial charge in [-0.2, -0.15) is 0 Å². The van der Waals surface area contributed by atoms with E-state index in [1.807, 2.05) is 6.08 Å². The van der Waals surface area contributed by atoms with Crippen LogP contribution in [0.3, 0.4) is 0 Å². The Kier molecular flexibility index (Phi) is 2.59. The van der Waals surface area contributed by atoms with Crippen molar-refractivity contribution in [2.75, 3.05) is 0 Å². The maximum absolute atomic E-state index is 10.9. The Morgan fingerprint density at radius 2 is 2.12 bits per heavy atom. The van der Waals surface area contributed by atoms with Gasteiger partial charge in [-0.25, -0.2) is 0 Å². The molecule has 5 unspecified atom stereocenters.